The summed E-state index contributed by atoms with van der Waals surface area (Å²) in [4.78, 5) is 26.8. The smallest absolute Gasteiger partial charge is 0.355 e. The van der Waals surface area contributed by atoms with E-state index in [9.17, 15) is 18.0 Å². The molecule has 1 aliphatic carbocycles. The standard InChI is InChI=1S/C22H26F3N5OS/c23-22(24,25)6-15-5-16-18(27-12-28-19(16)32-15)30-8-13-1-4-29(9-14(13)10-30)20(31)17-7-21(2-3-21)11-26-17/h5,12-14,17,26H,1-4,6-11H2/t13-,14+,17+/m1/s1. The van der Waals surface area contributed by atoms with Crippen LogP contribution in [0.2, 0.25) is 0 Å². The molecule has 6 rings (SSSR count). The highest BCUT2D eigenvalue weighted by atomic mass is 32.1. The first-order chi connectivity index (χ1) is 15.3. The van der Waals surface area contributed by atoms with Crippen LogP contribution in [0.5, 0.6) is 0 Å². The highest BCUT2D eigenvalue weighted by Gasteiger charge is 2.51. The molecule has 0 bridgehead atoms. The van der Waals surface area contributed by atoms with Crippen molar-refractivity contribution >= 4 is 33.3 Å². The molecule has 3 aliphatic heterocycles. The van der Waals surface area contributed by atoms with Gasteiger partial charge in [0.1, 0.15) is 17.0 Å². The topological polar surface area (TPSA) is 61.4 Å². The predicted octanol–water partition coefficient (Wildman–Crippen LogP) is 3.22. The number of nitrogens with one attached hydrogen (secondary N) is 1. The van der Waals surface area contributed by atoms with Crippen molar-refractivity contribution < 1.29 is 18.0 Å². The minimum Gasteiger partial charge on any atom is -0.355 e. The number of anilines is 1. The first kappa shape index (κ1) is 20.7. The van der Waals surface area contributed by atoms with Gasteiger partial charge in [-0.2, -0.15) is 13.2 Å². The molecule has 0 unspecified atom stereocenters. The zero-order valence-corrected chi connectivity index (χ0v) is 18.5. The number of halogens is 3. The van der Waals surface area contributed by atoms with Gasteiger partial charge in [0, 0.05) is 37.6 Å². The van der Waals surface area contributed by atoms with Crippen LogP contribution in [-0.2, 0) is 11.2 Å². The van der Waals surface area contributed by atoms with E-state index in [1.165, 1.54) is 19.2 Å². The lowest BCUT2D eigenvalue weighted by Gasteiger charge is -2.35. The molecule has 5 heterocycles. The van der Waals surface area contributed by atoms with Gasteiger partial charge in [0.25, 0.3) is 0 Å². The maximum Gasteiger partial charge on any atom is 0.393 e. The fourth-order valence-corrected chi connectivity index (χ4v) is 6.86. The third-order valence-corrected chi connectivity index (χ3v) is 8.81. The quantitative estimate of drug-likeness (QED) is 0.754. The van der Waals surface area contributed by atoms with Crippen LogP contribution in [0.3, 0.4) is 0 Å². The Bertz CT molecular complexity index is 1050. The number of nitrogens with zero attached hydrogens (tertiary/aromatic N) is 4. The summed E-state index contributed by atoms with van der Waals surface area (Å²) in [5, 5.41) is 4.14. The molecule has 1 N–H and O–H groups in total. The van der Waals surface area contributed by atoms with Crippen LogP contribution < -0.4 is 10.2 Å². The lowest BCUT2D eigenvalue weighted by molar-refractivity contribution is -0.135. The van der Waals surface area contributed by atoms with E-state index in [1.54, 1.807) is 6.07 Å². The Kier molecular flexibility index (Phi) is 4.70. The van der Waals surface area contributed by atoms with Crippen molar-refractivity contribution in [3.63, 3.8) is 0 Å². The molecule has 3 atom stereocenters. The maximum atomic E-state index is 13.1. The van der Waals surface area contributed by atoms with E-state index in [1.807, 2.05) is 4.90 Å². The lowest BCUT2D eigenvalue weighted by atomic mass is 9.88. The summed E-state index contributed by atoms with van der Waals surface area (Å²) >= 11 is 1.09. The van der Waals surface area contributed by atoms with Gasteiger partial charge in [-0.05, 0) is 49.0 Å². The minimum absolute atomic E-state index is 0.0362. The first-order valence-electron chi connectivity index (χ1n) is 11.4. The first-order valence-corrected chi connectivity index (χ1v) is 12.2. The molecular weight excluding hydrogens is 439 g/mol. The van der Waals surface area contributed by atoms with Gasteiger partial charge in [-0.15, -0.1) is 11.3 Å². The number of hydrogen-bond acceptors (Lipinski definition) is 6. The van der Waals surface area contributed by atoms with Crippen molar-refractivity contribution in [3.8, 4) is 0 Å². The molecule has 1 amide bonds. The molecule has 10 heteroatoms. The second-order valence-corrected chi connectivity index (χ2v) is 11.2. The number of likely N-dealkylation sites (tertiary alicyclic amines) is 1. The van der Waals surface area contributed by atoms with Gasteiger partial charge in [-0.3, -0.25) is 4.79 Å². The Morgan fingerprint density at radius 1 is 1.22 bits per heavy atom. The third kappa shape index (κ3) is 3.75. The normalized spacial score (nSPS) is 29.2. The molecule has 3 saturated heterocycles. The molecule has 1 saturated carbocycles. The van der Waals surface area contributed by atoms with Gasteiger partial charge in [0.05, 0.1) is 17.8 Å². The van der Waals surface area contributed by atoms with Crippen LogP contribution in [-0.4, -0.2) is 65.7 Å². The van der Waals surface area contributed by atoms with Crippen molar-refractivity contribution in [3.05, 3.63) is 17.3 Å². The van der Waals surface area contributed by atoms with E-state index >= 15 is 0 Å². The van der Waals surface area contributed by atoms with Gasteiger partial charge in [-0.25, -0.2) is 9.97 Å². The molecule has 0 radical (unpaired) electrons. The molecule has 172 valence electrons. The summed E-state index contributed by atoms with van der Waals surface area (Å²) in [6.45, 7) is 4.10. The van der Waals surface area contributed by atoms with Gasteiger partial charge in [-0.1, -0.05) is 0 Å². The average Bonchev–Trinajstić information content (AvgIpc) is 3.07. The number of fused-ring (bicyclic) bond motifs is 2. The van der Waals surface area contributed by atoms with Gasteiger partial charge in [0.2, 0.25) is 5.91 Å². The summed E-state index contributed by atoms with van der Waals surface area (Å²) in [5.74, 6) is 1.80. The lowest BCUT2D eigenvalue weighted by Crippen LogP contribution is -2.49. The second-order valence-electron chi connectivity index (χ2n) is 10.1. The van der Waals surface area contributed by atoms with E-state index in [4.69, 9.17) is 0 Å². The van der Waals surface area contributed by atoms with E-state index in [0.717, 1.165) is 62.7 Å². The number of thiophene rings is 1. The fourth-order valence-electron chi connectivity index (χ4n) is 5.84. The Labute approximate surface area is 188 Å². The molecule has 4 fully saturated rings. The number of amides is 1. The van der Waals surface area contributed by atoms with E-state index in [2.05, 4.69) is 20.2 Å². The number of rotatable bonds is 3. The minimum atomic E-state index is -4.24. The summed E-state index contributed by atoms with van der Waals surface area (Å²) < 4.78 is 38.6. The van der Waals surface area contributed by atoms with Crippen LogP contribution in [0.25, 0.3) is 10.2 Å². The molecular formula is C22H26F3N5OS. The highest BCUT2D eigenvalue weighted by molar-refractivity contribution is 7.18. The van der Waals surface area contributed by atoms with E-state index < -0.39 is 12.6 Å². The van der Waals surface area contributed by atoms with Crippen LogP contribution in [0.15, 0.2) is 12.4 Å². The molecule has 2 aromatic rings. The Morgan fingerprint density at radius 2 is 2.03 bits per heavy atom. The molecule has 32 heavy (non-hydrogen) atoms. The van der Waals surface area contributed by atoms with Crippen LogP contribution in [0, 0.1) is 17.3 Å². The molecule has 2 aromatic heterocycles. The van der Waals surface area contributed by atoms with Gasteiger partial charge in [0.15, 0.2) is 0 Å². The fraction of sp³-hybridized carbons (Fsp3) is 0.682. The van der Waals surface area contributed by atoms with Gasteiger partial charge < -0.3 is 15.1 Å². The zero-order chi connectivity index (χ0) is 22.1. The van der Waals surface area contributed by atoms with Crippen molar-refractivity contribution in [2.45, 2.75) is 44.3 Å². The largest absolute Gasteiger partial charge is 0.393 e. The van der Waals surface area contributed by atoms with Crippen LogP contribution in [0.4, 0.5) is 19.0 Å². The van der Waals surface area contributed by atoms with Gasteiger partial charge >= 0.3 is 6.18 Å². The molecule has 1 spiro atoms. The van der Waals surface area contributed by atoms with E-state index in [0.29, 0.717) is 27.5 Å². The number of carbonyl (C=O) groups excluding carboxylic acids is 1. The SMILES string of the molecule is O=C([C@@H]1CC2(CC2)CN1)N1CC[C@@H]2CN(c3ncnc4sc(CC(F)(F)F)cc34)C[C@@H]2C1. The second kappa shape index (κ2) is 7.28. The summed E-state index contributed by atoms with van der Waals surface area (Å²) in [6.07, 6.45) is 0.686. The van der Waals surface area contributed by atoms with Crippen LogP contribution >= 0.6 is 11.3 Å². The van der Waals surface area contributed by atoms with Crippen molar-refractivity contribution in [1.82, 2.24) is 20.2 Å². The molecule has 6 nitrogen and oxygen atoms in total. The summed E-state index contributed by atoms with van der Waals surface area (Å²) in [6, 6.07) is 1.56. The number of hydrogen-bond donors (Lipinski definition) is 1. The van der Waals surface area contributed by atoms with Crippen molar-refractivity contribution in [2.75, 3.05) is 37.6 Å². The number of carbonyl (C=O) groups is 1. The maximum absolute atomic E-state index is 13.1. The van der Waals surface area contributed by atoms with Crippen LogP contribution in [0.1, 0.15) is 30.6 Å². The zero-order valence-electron chi connectivity index (χ0n) is 17.7. The Morgan fingerprint density at radius 3 is 2.78 bits per heavy atom. The Balaban J connectivity index is 1.16. The number of piperidine rings is 1. The summed E-state index contributed by atoms with van der Waals surface area (Å²) in [5.41, 5.74) is 0.396. The Hall–Kier alpha value is -1.94. The monoisotopic (exact) mass is 465 g/mol. The number of alkyl halides is 3. The number of aromatic nitrogens is 2. The average molecular weight is 466 g/mol. The van der Waals surface area contributed by atoms with Crippen molar-refractivity contribution in [2.24, 2.45) is 17.3 Å². The predicted molar refractivity (Wildman–Crippen MR) is 116 cm³/mol. The summed E-state index contributed by atoms with van der Waals surface area (Å²) in [7, 11) is 0. The highest BCUT2D eigenvalue weighted by Crippen LogP contribution is 2.52. The van der Waals surface area contributed by atoms with E-state index in [-0.39, 0.29) is 16.8 Å². The van der Waals surface area contributed by atoms with Crippen molar-refractivity contribution in [1.29, 1.82) is 0 Å². The molecule has 4 aliphatic rings. The third-order valence-electron chi connectivity index (χ3n) is 7.76. The molecule has 0 aromatic carbocycles.